The number of carboxylic acids is 1. The first-order valence-electron chi connectivity index (χ1n) is 11.5. The van der Waals surface area contributed by atoms with Gasteiger partial charge in [0.2, 0.25) is 0 Å². The van der Waals surface area contributed by atoms with Gasteiger partial charge in [0.25, 0.3) is 0 Å². The third-order valence-corrected chi connectivity index (χ3v) is 6.30. The molecule has 2 heterocycles. The van der Waals surface area contributed by atoms with Crippen molar-refractivity contribution in [2.24, 2.45) is 0 Å². The van der Waals surface area contributed by atoms with E-state index in [1.165, 1.54) is 6.07 Å². The van der Waals surface area contributed by atoms with Gasteiger partial charge in [-0.1, -0.05) is 6.07 Å². The molecule has 3 N–H and O–H groups in total. The second-order valence-corrected chi connectivity index (χ2v) is 9.93. The van der Waals surface area contributed by atoms with Gasteiger partial charge in [0.1, 0.15) is 11.6 Å². The molecule has 1 aliphatic rings. The zero-order valence-corrected chi connectivity index (χ0v) is 20.1. The summed E-state index contributed by atoms with van der Waals surface area (Å²) in [5.74, 6) is -0.970. The molecule has 0 fully saturated rings. The number of carboxylic acid groups (broad SMARTS) is 1. The third-order valence-electron chi connectivity index (χ3n) is 6.30. The third kappa shape index (κ3) is 3.96. The zero-order valence-electron chi connectivity index (χ0n) is 20.1. The molecule has 0 radical (unpaired) electrons. The molecular weight excluding hydrogens is 447 g/mol. The number of aliphatic carboxylic acids is 1. The monoisotopic (exact) mass is 474 g/mol. The first kappa shape index (κ1) is 23.1. The van der Waals surface area contributed by atoms with Crippen LogP contribution in [0, 0.1) is 12.7 Å². The van der Waals surface area contributed by atoms with E-state index in [-0.39, 0.29) is 5.69 Å². The molecule has 0 saturated heterocycles. The number of halogens is 1. The smallest absolute Gasteiger partial charge is 0.337 e. The van der Waals surface area contributed by atoms with Crippen LogP contribution >= 0.6 is 0 Å². The normalized spacial score (nSPS) is 14.2. The van der Waals surface area contributed by atoms with Crippen LogP contribution in [0.2, 0.25) is 0 Å². The first-order valence-corrected chi connectivity index (χ1v) is 11.5. The van der Waals surface area contributed by atoms with E-state index in [1.54, 1.807) is 33.0 Å². The molecule has 6 nitrogen and oxygen atoms in total. The summed E-state index contributed by atoms with van der Waals surface area (Å²) in [7, 11) is 0. The van der Waals surface area contributed by atoms with E-state index in [4.69, 9.17) is 15.2 Å². The van der Waals surface area contributed by atoms with Gasteiger partial charge in [-0.25, -0.2) is 9.18 Å². The lowest BCUT2D eigenvalue weighted by Gasteiger charge is -2.29. The Morgan fingerprint density at radius 2 is 2.00 bits per heavy atom. The highest BCUT2D eigenvalue weighted by molar-refractivity contribution is 6.09. The number of nitrogens with two attached hydrogens (primary N) is 1. The summed E-state index contributed by atoms with van der Waals surface area (Å²) in [6, 6.07) is 10.5. The number of hydrogen-bond acceptors (Lipinski definition) is 5. The number of pyridine rings is 1. The lowest BCUT2D eigenvalue weighted by molar-refractivity contribution is -0.160. The second kappa shape index (κ2) is 8.20. The molecule has 5 rings (SSSR count). The van der Waals surface area contributed by atoms with E-state index < -0.39 is 23.5 Å². The van der Waals surface area contributed by atoms with Crippen molar-refractivity contribution in [3.05, 3.63) is 65.1 Å². The molecule has 0 saturated carbocycles. The van der Waals surface area contributed by atoms with Crippen molar-refractivity contribution >= 4 is 33.3 Å². The lowest BCUT2D eigenvalue weighted by atomic mass is 9.85. The summed E-state index contributed by atoms with van der Waals surface area (Å²) in [6.45, 7) is 7.83. The van der Waals surface area contributed by atoms with E-state index in [2.05, 4.69) is 4.98 Å². The topological polar surface area (TPSA) is 94.7 Å². The van der Waals surface area contributed by atoms with Crippen LogP contribution in [0.3, 0.4) is 0 Å². The predicted octanol–water partition coefficient (Wildman–Crippen LogP) is 5.96. The van der Waals surface area contributed by atoms with Crippen LogP contribution in [-0.4, -0.2) is 28.3 Å². The fourth-order valence-corrected chi connectivity index (χ4v) is 4.91. The van der Waals surface area contributed by atoms with Gasteiger partial charge >= 0.3 is 5.97 Å². The number of fused-ring (bicyclic) bond motifs is 1. The van der Waals surface area contributed by atoms with Gasteiger partial charge in [-0.2, -0.15) is 0 Å². The average Bonchev–Trinajstić information content (AvgIpc) is 2.78. The van der Waals surface area contributed by atoms with Crippen molar-refractivity contribution in [1.29, 1.82) is 0 Å². The molecule has 1 aromatic heterocycles. The van der Waals surface area contributed by atoms with E-state index in [1.807, 2.05) is 31.2 Å². The van der Waals surface area contributed by atoms with Crippen molar-refractivity contribution in [2.75, 3.05) is 12.3 Å². The van der Waals surface area contributed by atoms with E-state index in [0.717, 1.165) is 23.1 Å². The largest absolute Gasteiger partial charge is 0.493 e. The molecule has 7 heteroatoms. The number of nitrogens with zero attached hydrogens (tertiary/aromatic N) is 1. The van der Waals surface area contributed by atoms with Crippen LogP contribution in [0.4, 0.5) is 10.1 Å². The number of aromatic nitrogens is 1. The minimum absolute atomic E-state index is 0.0275. The van der Waals surface area contributed by atoms with E-state index in [0.29, 0.717) is 45.1 Å². The van der Waals surface area contributed by atoms with Crippen LogP contribution in [0.1, 0.15) is 43.6 Å². The fraction of sp³-hybridized carbons (Fsp3) is 0.286. The molecule has 0 aliphatic carbocycles. The number of nitrogen functional groups attached to an aromatic ring is 1. The predicted molar refractivity (Wildman–Crippen MR) is 134 cm³/mol. The van der Waals surface area contributed by atoms with Crippen LogP contribution in [0.25, 0.3) is 32.8 Å². The second-order valence-electron chi connectivity index (χ2n) is 9.93. The Morgan fingerprint density at radius 3 is 2.71 bits per heavy atom. The summed E-state index contributed by atoms with van der Waals surface area (Å²) in [4.78, 5) is 17.2. The fourth-order valence-electron chi connectivity index (χ4n) is 4.91. The van der Waals surface area contributed by atoms with Crippen LogP contribution in [0.15, 0.2) is 42.6 Å². The molecule has 4 aromatic rings. The zero-order chi connectivity index (χ0) is 25.1. The maximum Gasteiger partial charge on any atom is 0.337 e. The Bertz CT molecular complexity index is 1500. The average molecular weight is 475 g/mol. The van der Waals surface area contributed by atoms with E-state index >= 15 is 0 Å². The standard InChI is InChI=1S/C28H27FN2O4/c1-14-11-16-12-20(30)19(29)13-18(16)24(22(14)26(27(32)33)35-28(2,3)4)17-5-6-21-23-15(8-10-34-21)7-9-31-25(17)23/h5-7,9,11-13,26H,8,10,30H2,1-4H3,(H,32,33)/t26-/m0/s1. The molecule has 1 aliphatic heterocycles. The maximum absolute atomic E-state index is 14.8. The minimum atomic E-state index is -1.28. The molecule has 180 valence electrons. The number of anilines is 1. The summed E-state index contributed by atoms with van der Waals surface area (Å²) >= 11 is 0. The Hall–Kier alpha value is -3.71. The van der Waals surface area contributed by atoms with Gasteiger partial charge in [-0.15, -0.1) is 0 Å². The summed E-state index contributed by atoms with van der Waals surface area (Å²) in [5.41, 5.74) is 9.37. The van der Waals surface area contributed by atoms with Gasteiger partial charge < -0.3 is 20.3 Å². The van der Waals surface area contributed by atoms with Crippen LogP contribution in [-0.2, 0) is 16.0 Å². The molecule has 0 spiro atoms. The number of rotatable bonds is 4. The highest BCUT2D eigenvalue weighted by Gasteiger charge is 2.32. The Labute approximate surface area is 202 Å². The van der Waals surface area contributed by atoms with Crippen molar-refractivity contribution in [3.63, 3.8) is 0 Å². The number of ether oxygens (including phenoxy) is 2. The highest BCUT2D eigenvalue weighted by Crippen LogP contribution is 2.45. The highest BCUT2D eigenvalue weighted by atomic mass is 19.1. The number of aryl methyl sites for hydroxylation is 1. The molecule has 3 aromatic carbocycles. The Balaban J connectivity index is 1.94. The summed E-state index contributed by atoms with van der Waals surface area (Å²) in [6.07, 6.45) is 1.21. The van der Waals surface area contributed by atoms with Crippen LogP contribution in [0.5, 0.6) is 5.75 Å². The number of hydrogen-bond donors (Lipinski definition) is 2. The molecule has 35 heavy (non-hydrogen) atoms. The van der Waals surface area contributed by atoms with Gasteiger partial charge in [-0.05, 0) is 85.5 Å². The summed E-state index contributed by atoms with van der Waals surface area (Å²) < 4.78 is 26.7. The molecule has 0 unspecified atom stereocenters. The quantitative estimate of drug-likeness (QED) is 0.355. The minimum Gasteiger partial charge on any atom is -0.493 e. The first-order chi connectivity index (χ1) is 16.5. The molecule has 0 bridgehead atoms. The van der Waals surface area contributed by atoms with Crippen molar-refractivity contribution in [1.82, 2.24) is 4.98 Å². The van der Waals surface area contributed by atoms with Gasteiger partial charge in [0.15, 0.2) is 6.10 Å². The summed E-state index contributed by atoms with van der Waals surface area (Å²) in [5, 5.41) is 12.4. The van der Waals surface area contributed by atoms with Crippen molar-refractivity contribution < 1.29 is 23.8 Å². The maximum atomic E-state index is 14.8. The van der Waals surface area contributed by atoms with E-state index in [9.17, 15) is 14.3 Å². The molecule has 1 atom stereocenters. The number of benzene rings is 3. The van der Waals surface area contributed by atoms with Crippen LogP contribution < -0.4 is 10.5 Å². The lowest BCUT2D eigenvalue weighted by Crippen LogP contribution is -2.28. The Kier molecular flexibility index (Phi) is 5.40. The Morgan fingerprint density at radius 1 is 1.23 bits per heavy atom. The molecule has 0 amide bonds. The van der Waals surface area contributed by atoms with Gasteiger partial charge in [0.05, 0.1) is 23.4 Å². The van der Waals surface area contributed by atoms with Crippen molar-refractivity contribution in [3.8, 4) is 16.9 Å². The number of carbonyl (C=O) groups is 1. The van der Waals surface area contributed by atoms with Crippen molar-refractivity contribution in [2.45, 2.75) is 45.8 Å². The van der Waals surface area contributed by atoms with Gasteiger partial charge in [-0.3, -0.25) is 4.98 Å². The molecular formula is C28H27FN2O4. The SMILES string of the molecule is Cc1cc2cc(N)c(F)cc2c(-c2ccc3c4c(ccnc24)CCO3)c1[C@H](OC(C)(C)C)C(=O)O. The van der Waals surface area contributed by atoms with Gasteiger partial charge in [0, 0.05) is 29.1 Å².